The number of rotatable bonds is 6. The summed E-state index contributed by atoms with van der Waals surface area (Å²) in [5.74, 6) is 0.0490. The number of ether oxygens (including phenoxy) is 1. The van der Waals surface area contributed by atoms with Crippen molar-refractivity contribution in [3.63, 3.8) is 0 Å². The summed E-state index contributed by atoms with van der Waals surface area (Å²) < 4.78 is 19.5. The number of aliphatic hydroxyl groups excluding tert-OH is 2. The Kier molecular flexibility index (Phi) is 5.41. The Morgan fingerprint density at radius 1 is 1.74 bits per heavy atom. The molecule has 0 fully saturated rings. The number of hydrogen-bond donors (Lipinski definition) is 3. The lowest BCUT2D eigenvalue weighted by molar-refractivity contribution is -0.214. The van der Waals surface area contributed by atoms with E-state index in [0.29, 0.717) is 0 Å². The lowest BCUT2D eigenvalue weighted by atomic mass is 10.1. The van der Waals surface area contributed by atoms with Gasteiger partial charge in [0.25, 0.3) is 0 Å². The fourth-order valence-corrected chi connectivity index (χ4v) is 1.98. The molecule has 0 amide bonds. The number of aromatic nitrogens is 2. The van der Waals surface area contributed by atoms with Gasteiger partial charge in [0, 0.05) is 11.5 Å². The Hall–Kier alpha value is -1.03. The fraction of sp³-hybridized carbons (Fsp3) is 0.600. The zero-order valence-electron chi connectivity index (χ0n) is 10.2. The Morgan fingerprint density at radius 3 is 2.79 bits per heavy atom. The summed E-state index contributed by atoms with van der Waals surface area (Å²) in [4.78, 5) is 15.1. The number of halogens is 2. The van der Waals surface area contributed by atoms with Crippen LogP contribution in [0.1, 0.15) is 13.2 Å². The van der Waals surface area contributed by atoms with Crippen molar-refractivity contribution in [3.05, 3.63) is 22.7 Å². The molecule has 0 aliphatic carbocycles. The predicted molar refractivity (Wildman–Crippen MR) is 69.4 cm³/mol. The van der Waals surface area contributed by atoms with Crippen molar-refractivity contribution >= 4 is 21.7 Å². The van der Waals surface area contributed by atoms with Gasteiger partial charge in [-0.1, -0.05) is 15.9 Å². The van der Waals surface area contributed by atoms with E-state index >= 15 is 0 Å². The van der Waals surface area contributed by atoms with Crippen LogP contribution in [0.25, 0.3) is 0 Å². The van der Waals surface area contributed by atoms with E-state index in [2.05, 4.69) is 20.9 Å². The van der Waals surface area contributed by atoms with E-state index in [4.69, 9.17) is 15.6 Å². The molecule has 108 valence electrons. The Labute approximate surface area is 117 Å². The zero-order chi connectivity index (χ0) is 14.6. The number of nitrogens with zero attached hydrogens (tertiary/aromatic N) is 2. The van der Waals surface area contributed by atoms with Crippen LogP contribution in [0.2, 0.25) is 0 Å². The van der Waals surface area contributed by atoms with E-state index in [1.165, 1.54) is 19.2 Å². The molecule has 1 aromatic heterocycles. The minimum Gasteiger partial charge on any atom is -0.393 e. The Bertz CT molecular complexity index is 478. The molecular formula is C10H15BrFN3O4. The standard InChI is InChI=1S/C10H15BrFN3O4/c1-6(15-3-2-7(13)14-9(15)18)19-10(4-11,5-16)8(12)17/h2-3,6,8,16-17H,4-5H2,1H3,(H2,13,14,18)/t6-,8-,10-/m1/s1. The van der Waals surface area contributed by atoms with E-state index in [1.807, 2.05) is 0 Å². The molecule has 0 spiro atoms. The molecule has 0 saturated carbocycles. The van der Waals surface area contributed by atoms with Gasteiger partial charge in [0.2, 0.25) is 6.36 Å². The molecule has 9 heteroatoms. The molecule has 0 aromatic carbocycles. The maximum Gasteiger partial charge on any atom is 0.351 e. The van der Waals surface area contributed by atoms with Crippen LogP contribution in [0.4, 0.5) is 10.2 Å². The van der Waals surface area contributed by atoms with Crippen molar-refractivity contribution in [1.29, 1.82) is 0 Å². The second-order valence-corrected chi connectivity index (χ2v) is 4.51. The summed E-state index contributed by atoms with van der Waals surface area (Å²) in [5, 5.41) is 18.1. The third kappa shape index (κ3) is 3.50. The van der Waals surface area contributed by atoms with Crippen LogP contribution in [-0.4, -0.2) is 43.7 Å². The van der Waals surface area contributed by atoms with E-state index < -0.39 is 30.5 Å². The second kappa shape index (κ2) is 6.42. The lowest BCUT2D eigenvalue weighted by Gasteiger charge is -2.33. The molecule has 0 aliphatic heterocycles. The summed E-state index contributed by atoms with van der Waals surface area (Å²) in [6, 6.07) is 1.38. The third-order valence-corrected chi connectivity index (χ3v) is 3.53. The third-order valence-electron chi connectivity index (χ3n) is 2.58. The van der Waals surface area contributed by atoms with Crippen LogP contribution < -0.4 is 11.4 Å². The smallest absolute Gasteiger partial charge is 0.351 e. The SMILES string of the molecule is C[C@@H](O[C@@](CO)(CBr)[C@@H](O)F)n1ccc(N)nc1=O. The second-order valence-electron chi connectivity index (χ2n) is 3.95. The van der Waals surface area contributed by atoms with Crippen LogP contribution in [0.5, 0.6) is 0 Å². The van der Waals surface area contributed by atoms with Crippen molar-refractivity contribution in [3.8, 4) is 0 Å². The first-order valence-corrected chi connectivity index (χ1v) is 6.50. The van der Waals surface area contributed by atoms with Gasteiger partial charge >= 0.3 is 5.69 Å². The number of hydrogen-bond acceptors (Lipinski definition) is 6. The van der Waals surface area contributed by atoms with Gasteiger partial charge in [-0.05, 0) is 13.0 Å². The minimum atomic E-state index is -2.42. The highest BCUT2D eigenvalue weighted by molar-refractivity contribution is 9.09. The highest BCUT2D eigenvalue weighted by Gasteiger charge is 2.40. The van der Waals surface area contributed by atoms with E-state index in [9.17, 15) is 14.3 Å². The van der Waals surface area contributed by atoms with Crippen molar-refractivity contribution in [2.24, 2.45) is 0 Å². The largest absolute Gasteiger partial charge is 0.393 e. The van der Waals surface area contributed by atoms with Crippen LogP contribution >= 0.6 is 15.9 Å². The maximum atomic E-state index is 13.2. The minimum absolute atomic E-state index is 0.0490. The molecular weight excluding hydrogens is 325 g/mol. The average Bonchev–Trinajstić information content (AvgIpc) is 2.35. The lowest BCUT2D eigenvalue weighted by Crippen LogP contribution is -2.49. The quantitative estimate of drug-likeness (QED) is 0.617. The van der Waals surface area contributed by atoms with Crippen LogP contribution in [-0.2, 0) is 4.74 Å². The molecule has 19 heavy (non-hydrogen) atoms. The van der Waals surface area contributed by atoms with Gasteiger partial charge in [0.1, 0.15) is 12.0 Å². The monoisotopic (exact) mass is 339 g/mol. The first-order chi connectivity index (χ1) is 8.86. The van der Waals surface area contributed by atoms with Crippen LogP contribution in [0.3, 0.4) is 0 Å². The molecule has 1 rings (SSSR count). The molecule has 3 atom stereocenters. The number of alkyl halides is 2. The molecule has 4 N–H and O–H groups in total. The number of nitrogen functional groups attached to an aromatic ring is 1. The Balaban J connectivity index is 3.00. The van der Waals surface area contributed by atoms with E-state index in [0.717, 1.165) is 4.57 Å². The van der Waals surface area contributed by atoms with Crippen molar-refractivity contribution in [1.82, 2.24) is 9.55 Å². The first kappa shape index (κ1) is 16.0. The average molecular weight is 340 g/mol. The predicted octanol–water partition coefficient (Wildman–Crippen LogP) is -0.226. The topological polar surface area (TPSA) is 111 Å². The highest BCUT2D eigenvalue weighted by atomic mass is 79.9. The van der Waals surface area contributed by atoms with Crippen molar-refractivity contribution in [2.45, 2.75) is 25.1 Å². The normalized spacial score (nSPS) is 17.7. The van der Waals surface area contributed by atoms with E-state index in [1.54, 1.807) is 0 Å². The number of aliphatic hydroxyl groups is 2. The maximum absolute atomic E-state index is 13.2. The molecule has 1 aromatic rings. The molecule has 0 aliphatic rings. The van der Waals surface area contributed by atoms with Gasteiger partial charge in [-0.15, -0.1) is 0 Å². The van der Waals surface area contributed by atoms with E-state index in [-0.39, 0.29) is 11.1 Å². The summed E-state index contributed by atoms with van der Waals surface area (Å²) in [6.07, 6.45) is -2.04. The van der Waals surface area contributed by atoms with Gasteiger partial charge in [0.15, 0.2) is 5.60 Å². The molecule has 0 saturated heterocycles. The summed E-state index contributed by atoms with van der Waals surface area (Å²) in [6.45, 7) is 0.687. The molecule has 1 heterocycles. The summed E-state index contributed by atoms with van der Waals surface area (Å²) >= 11 is 2.96. The summed E-state index contributed by atoms with van der Waals surface area (Å²) in [5.41, 5.74) is 2.80. The highest BCUT2D eigenvalue weighted by Crippen LogP contribution is 2.25. The number of anilines is 1. The zero-order valence-corrected chi connectivity index (χ0v) is 11.7. The van der Waals surface area contributed by atoms with Crippen LogP contribution in [0, 0.1) is 0 Å². The van der Waals surface area contributed by atoms with Gasteiger partial charge in [-0.2, -0.15) is 4.98 Å². The van der Waals surface area contributed by atoms with Gasteiger partial charge in [-0.25, -0.2) is 9.18 Å². The fourth-order valence-electron chi connectivity index (χ4n) is 1.41. The van der Waals surface area contributed by atoms with Crippen molar-refractivity contribution < 1.29 is 19.3 Å². The van der Waals surface area contributed by atoms with Gasteiger partial charge in [-0.3, -0.25) is 4.57 Å². The summed E-state index contributed by atoms with van der Waals surface area (Å²) in [7, 11) is 0. The van der Waals surface area contributed by atoms with Gasteiger partial charge < -0.3 is 20.7 Å². The first-order valence-electron chi connectivity index (χ1n) is 5.37. The molecule has 0 unspecified atom stereocenters. The molecule has 0 bridgehead atoms. The number of nitrogens with two attached hydrogens (primary N) is 1. The molecule has 0 radical (unpaired) electrons. The van der Waals surface area contributed by atoms with Crippen molar-refractivity contribution in [2.75, 3.05) is 17.7 Å². The molecule has 7 nitrogen and oxygen atoms in total. The van der Waals surface area contributed by atoms with Crippen LogP contribution in [0.15, 0.2) is 17.1 Å². The van der Waals surface area contributed by atoms with Gasteiger partial charge in [0.05, 0.1) is 6.61 Å². The Morgan fingerprint density at radius 2 is 2.37 bits per heavy atom.